The van der Waals surface area contributed by atoms with Gasteiger partial charge in [0.2, 0.25) is 0 Å². The Morgan fingerprint density at radius 2 is 1.77 bits per heavy atom. The number of nitrogens with zero attached hydrogens (tertiary/aromatic N) is 1. The van der Waals surface area contributed by atoms with Crippen LogP contribution in [-0.2, 0) is 14.9 Å². The number of rotatable bonds is 4. The Kier molecular flexibility index (Phi) is 5.09. The highest BCUT2D eigenvalue weighted by Crippen LogP contribution is 2.43. The zero-order chi connectivity index (χ0) is 18.0. The highest BCUT2D eigenvalue weighted by atomic mass is 16.5. The average Bonchev–Trinajstić information content (AvgIpc) is 3.17. The van der Waals surface area contributed by atoms with Gasteiger partial charge >= 0.3 is 5.97 Å². The van der Waals surface area contributed by atoms with Gasteiger partial charge in [0.05, 0.1) is 38.2 Å². The largest absolute Gasteiger partial charge is 0.464 e. The van der Waals surface area contributed by atoms with Crippen LogP contribution in [0.25, 0.3) is 0 Å². The number of piperidine rings is 2. The lowest BCUT2D eigenvalue weighted by atomic mass is 9.78. The van der Waals surface area contributed by atoms with Crippen molar-refractivity contribution in [1.82, 2.24) is 0 Å². The second kappa shape index (κ2) is 7.34. The van der Waals surface area contributed by atoms with Gasteiger partial charge in [-0.05, 0) is 44.1 Å². The molecule has 2 aliphatic heterocycles. The number of hydrogen-bond acceptors (Lipinski definition) is 2. The summed E-state index contributed by atoms with van der Waals surface area (Å²) in [5.74, 6) is 0.587. The maximum absolute atomic E-state index is 13.2. The fraction of sp³-hybridized carbons (Fsp3) is 0.696. The van der Waals surface area contributed by atoms with Gasteiger partial charge in [-0.3, -0.25) is 4.79 Å². The Balaban J connectivity index is 1.46. The standard InChI is InChI=1S/C23H34NO2/c1-24-16-8-5-13-21(24)19(10-9-17-24)18-26-22(25)23(14-6-7-15-23)20-11-3-2-4-12-20/h2-4,11-12,19,21H,5-10,13-18H2,1H3/q+1/t19-,21+,24-/m1/s1. The number of quaternary nitrogens is 1. The molecule has 2 saturated heterocycles. The summed E-state index contributed by atoms with van der Waals surface area (Å²) in [6.45, 7) is 3.25. The molecular weight excluding hydrogens is 322 g/mol. The van der Waals surface area contributed by atoms with E-state index in [0.29, 0.717) is 18.6 Å². The molecule has 26 heavy (non-hydrogen) atoms. The molecule has 4 rings (SSSR count). The van der Waals surface area contributed by atoms with Crippen molar-refractivity contribution in [3.05, 3.63) is 35.9 Å². The minimum atomic E-state index is -0.388. The van der Waals surface area contributed by atoms with Crippen molar-refractivity contribution in [2.75, 3.05) is 26.7 Å². The Bertz CT molecular complexity index is 618. The highest BCUT2D eigenvalue weighted by molar-refractivity contribution is 5.83. The van der Waals surface area contributed by atoms with Gasteiger partial charge in [-0.15, -0.1) is 0 Å². The molecule has 0 radical (unpaired) electrons. The number of fused-ring (bicyclic) bond motifs is 1. The van der Waals surface area contributed by atoms with Gasteiger partial charge in [-0.1, -0.05) is 43.2 Å². The summed E-state index contributed by atoms with van der Waals surface area (Å²) < 4.78 is 7.28. The molecule has 1 aromatic carbocycles. The predicted octanol–water partition coefficient (Wildman–Crippen LogP) is 4.45. The van der Waals surface area contributed by atoms with E-state index in [1.54, 1.807) is 0 Å². The van der Waals surface area contributed by atoms with E-state index in [1.807, 2.05) is 6.07 Å². The number of carbonyl (C=O) groups excluding carboxylic acids is 1. The molecule has 3 atom stereocenters. The summed E-state index contributed by atoms with van der Waals surface area (Å²) >= 11 is 0. The Hall–Kier alpha value is -1.35. The van der Waals surface area contributed by atoms with E-state index in [-0.39, 0.29) is 11.4 Å². The summed E-state index contributed by atoms with van der Waals surface area (Å²) in [5.41, 5.74) is 0.769. The first-order valence-corrected chi connectivity index (χ1v) is 10.7. The molecular formula is C23H34NO2+. The zero-order valence-electron chi connectivity index (χ0n) is 16.3. The highest BCUT2D eigenvalue weighted by Gasteiger charge is 2.47. The third kappa shape index (κ3) is 3.19. The second-order valence-electron chi connectivity index (χ2n) is 9.15. The van der Waals surface area contributed by atoms with Crippen molar-refractivity contribution in [2.24, 2.45) is 5.92 Å². The molecule has 0 N–H and O–H groups in total. The zero-order valence-corrected chi connectivity index (χ0v) is 16.3. The molecule has 0 aromatic heterocycles. The number of esters is 1. The van der Waals surface area contributed by atoms with E-state index in [1.165, 1.54) is 49.7 Å². The minimum absolute atomic E-state index is 0.0387. The summed E-state index contributed by atoms with van der Waals surface area (Å²) in [5, 5.41) is 0. The third-order valence-electron chi connectivity index (χ3n) is 7.61. The first-order chi connectivity index (χ1) is 12.6. The maximum Gasteiger partial charge on any atom is 0.316 e. The van der Waals surface area contributed by atoms with E-state index >= 15 is 0 Å². The van der Waals surface area contributed by atoms with E-state index in [2.05, 4.69) is 31.3 Å². The molecule has 1 aromatic rings. The Morgan fingerprint density at radius 3 is 2.54 bits per heavy atom. The number of ether oxygens (including phenoxy) is 1. The number of hydrogen-bond donors (Lipinski definition) is 0. The number of benzene rings is 1. The lowest BCUT2D eigenvalue weighted by Crippen LogP contribution is -2.61. The van der Waals surface area contributed by atoms with E-state index in [4.69, 9.17) is 4.74 Å². The predicted molar refractivity (Wildman–Crippen MR) is 104 cm³/mol. The first kappa shape index (κ1) is 18.0. The molecule has 3 fully saturated rings. The summed E-state index contributed by atoms with van der Waals surface area (Å²) in [7, 11) is 2.43. The van der Waals surface area contributed by atoms with Gasteiger partial charge in [0.25, 0.3) is 0 Å². The maximum atomic E-state index is 13.2. The van der Waals surface area contributed by atoms with Gasteiger partial charge in [0, 0.05) is 12.3 Å². The van der Waals surface area contributed by atoms with Crippen LogP contribution in [0.3, 0.4) is 0 Å². The van der Waals surface area contributed by atoms with Crippen molar-refractivity contribution in [2.45, 2.75) is 69.2 Å². The van der Waals surface area contributed by atoms with Crippen LogP contribution in [0, 0.1) is 5.92 Å². The van der Waals surface area contributed by atoms with Gasteiger partial charge < -0.3 is 9.22 Å². The normalized spacial score (nSPS) is 33.4. The fourth-order valence-electron chi connectivity index (χ4n) is 6.10. The first-order valence-electron chi connectivity index (χ1n) is 10.7. The molecule has 0 unspecified atom stereocenters. The van der Waals surface area contributed by atoms with Gasteiger partial charge in [0.1, 0.15) is 0 Å². The average molecular weight is 357 g/mol. The third-order valence-corrected chi connectivity index (χ3v) is 7.61. The molecule has 0 amide bonds. The summed E-state index contributed by atoms with van der Waals surface area (Å²) in [6, 6.07) is 11.1. The molecule has 3 heteroatoms. The molecule has 1 aliphatic carbocycles. The van der Waals surface area contributed by atoms with Crippen LogP contribution in [0.15, 0.2) is 30.3 Å². The van der Waals surface area contributed by atoms with Crippen molar-refractivity contribution in [1.29, 1.82) is 0 Å². The fourth-order valence-corrected chi connectivity index (χ4v) is 6.10. The molecule has 0 bridgehead atoms. The molecule has 142 valence electrons. The van der Waals surface area contributed by atoms with Crippen LogP contribution in [0.1, 0.15) is 63.4 Å². The van der Waals surface area contributed by atoms with Gasteiger partial charge in [-0.25, -0.2) is 0 Å². The summed E-state index contributed by atoms with van der Waals surface area (Å²) in [4.78, 5) is 13.2. The van der Waals surface area contributed by atoms with Crippen molar-refractivity contribution in [3.63, 3.8) is 0 Å². The van der Waals surface area contributed by atoms with Gasteiger partial charge in [-0.2, -0.15) is 0 Å². The Labute approximate surface area is 158 Å². The van der Waals surface area contributed by atoms with Crippen LogP contribution in [0.2, 0.25) is 0 Å². The van der Waals surface area contributed by atoms with Crippen LogP contribution in [-0.4, -0.2) is 43.2 Å². The van der Waals surface area contributed by atoms with Crippen LogP contribution >= 0.6 is 0 Å². The molecule has 2 heterocycles. The number of carbonyl (C=O) groups is 1. The molecule has 3 nitrogen and oxygen atoms in total. The topological polar surface area (TPSA) is 26.3 Å². The lowest BCUT2D eigenvalue weighted by molar-refractivity contribution is -0.947. The van der Waals surface area contributed by atoms with Crippen LogP contribution in [0.4, 0.5) is 0 Å². The molecule has 0 spiro atoms. The Morgan fingerprint density at radius 1 is 1.04 bits per heavy atom. The van der Waals surface area contributed by atoms with Crippen molar-refractivity contribution >= 4 is 5.97 Å². The second-order valence-corrected chi connectivity index (χ2v) is 9.15. The summed E-state index contributed by atoms with van der Waals surface area (Å²) in [6.07, 6.45) is 10.7. The van der Waals surface area contributed by atoms with Crippen LogP contribution in [0.5, 0.6) is 0 Å². The van der Waals surface area contributed by atoms with E-state index in [9.17, 15) is 4.79 Å². The molecule has 3 aliphatic rings. The molecule has 1 saturated carbocycles. The van der Waals surface area contributed by atoms with Crippen molar-refractivity contribution < 1.29 is 14.0 Å². The van der Waals surface area contributed by atoms with Crippen LogP contribution < -0.4 is 0 Å². The smallest absolute Gasteiger partial charge is 0.316 e. The SMILES string of the molecule is C[N@+]12CCCC[C@H]1[C@@H](COC(=O)C1(c3ccccc3)CCCC1)CCC2. The monoisotopic (exact) mass is 356 g/mol. The van der Waals surface area contributed by atoms with E-state index in [0.717, 1.165) is 31.2 Å². The minimum Gasteiger partial charge on any atom is -0.464 e. The van der Waals surface area contributed by atoms with Crippen molar-refractivity contribution in [3.8, 4) is 0 Å². The van der Waals surface area contributed by atoms with E-state index < -0.39 is 0 Å². The quantitative estimate of drug-likeness (QED) is 0.588. The van der Waals surface area contributed by atoms with Gasteiger partial charge in [0.15, 0.2) is 0 Å². The lowest BCUT2D eigenvalue weighted by Gasteiger charge is -2.51.